The minimum Gasteiger partial charge on any atom is -0.481 e. The number of carboxylic acids is 1. The third kappa shape index (κ3) is 4.37. The molecule has 0 unspecified atom stereocenters. The predicted octanol–water partition coefficient (Wildman–Crippen LogP) is 6.07. The van der Waals surface area contributed by atoms with Crippen LogP contribution in [0.4, 0.5) is 4.79 Å². The largest absolute Gasteiger partial charge is 0.481 e. The van der Waals surface area contributed by atoms with Gasteiger partial charge in [0.1, 0.15) is 6.61 Å². The molecule has 2 aliphatic carbocycles. The second-order valence-corrected chi connectivity index (χ2v) is 8.73. The van der Waals surface area contributed by atoms with Crippen molar-refractivity contribution in [2.24, 2.45) is 0 Å². The third-order valence-corrected chi connectivity index (χ3v) is 6.52. The Labute approximate surface area is 198 Å². The highest BCUT2D eigenvalue weighted by molar-refractivity contribution is 5.86. The van der Waals surface area contributed by atoms with E-state index in [-0.39, 0.29) is 6.61 Å². The number of hydrogen-bond donors (Lipinski definition) is 2. The van der Waals surface area contributed by atoms with Crippen molar-refractivity contribution in [2.75, 3.05) is 0 Å². The van der Waals surface area contributed by atoms with Crippen LogP contribution in [0.3, 0.4) is 0 Å². The monoisotopic (exact) mass is 451 g/mol. The second-order valence-electron chi connectivity index (χ2n) is 8.73. The topological polar surface area (TPSA) is 75.6 Å². The lowest BCUT2D eigenvalue weighted by Crippen LogP contribution is -2.23. The number of allylic oxidation sites excluding steroid dienone is 3. The minimum atomic E-state index is -0.740. The highest BCUT2D eigenvalue weighted by atomic mass is 16.5. The molecule has 0 bridgehead atoms. The maximum absolute atomic E-state index is 12.3. The lowest BCUT2D eigenvalue weighted by atomic mass is 9.93. The minimum absolute atomic E-state index is 0.226. The number of alkyl carbamates (subject to hydrolysis) is 1. The molecule has 2 aliphatic rings. The number of nitrogens with one attached hydrogen (secondary N) is 1. The van der Waals surface area contributed by atoms with E-state index in [0.29, 0.717) is 19.3 Å². The molecule has 0 atom stereocenters. The fourth-order valence-electron chi connectivity index (χ4n) is 4.35. The molecule has 0 aromatic heterocycles. The van der Waals surface area contributed by atoms with Crippen LogP contribution in [-0.4, -0.2) is 17.2 Å². The summed E-state index contributed by atoms with van der Waals surface area (Å²) in [5, 5.41) is 12.4. The Balaban J connectivity index is 1.26. The van der Waals surface area contributed by atoms with Gasteiger partial charge in [0.05, 0.1) is 5.41 Å². The van der Waals surface area contributed by atoms with Crippen LogP contribution in [0.2, 0.25) is 0 Å². The van der Waals surface area contributed by atoms with Crippen molar-refractivity contribution in [3.05, 3.63) is 113 Å². The van der Waals surface area contributed by atoms with Gasteiger partial charge in [0.2, 0.25) is 0 Å². The van der Waals surface area contributed by atoms with Crippen LogP contribution in [0.5, 0.6) is 0 Å². The number of carbonyl (C=O) groups excluding carboxylic acids is 1. The summed E-state index contributed by atoms with van der Waals surface area (Å²) in [6, 6.07) is 25.6. The Morgan fingerprint density at radius 1 is 0.853 bits per heavy atom. The maximum atomic E-state index is 12.3. The summed E-state index contributed by atoms with van der Waals surface area (Å²) < 4.78 is 5.36. The number of benzene rings is 3. The Kier molecular flexibility index (Phi) is 5.76. The summed E-state index contributed by atoms with van der Waals surface area (Å²) in [6.45, 7) is 0.226. The van der Waals surface area contributed by atoms with Crippen LogP contribution < -0.4 is 5.32 Å². The number of carboxylic acid groups (broad SMARTS) is 1. The summed E-state index contributed by atoms with van der Waals surface area (Å²) >= 11 is 0. The molecule has 3 aromatic carbocycles. The van der Waals surface area contributed by atoms with E-state index < -0.39 is 17.5 Å². The normalized spacial score (nSPS) is 15.8. The summed E-state index contributed by atoms with van der Waals surface area (Å²) in [5.74, 6) is -0.740. The highest BCUT2D eigenvalue weighted by Crippen LogP contribution is 2.48. The van der Waals surface area contributed by atoms with Crippen LogP contribution >= 0.6 is 0 Å². The van der Waals surface area contributed by atoms with Gasteiger partial charge in [0.15, 0.2) is 0 Å². The third-order valence-electron chi connectivity index (χ3n) is 6.52. The molecule has 0 saturated heterocycles. The van der Waals surface area contributed by atoms with Crippen LogP contribution in [0.25, 0.3) is 16.7 Å². The molecule has 1 saturated carbocycles. The molecule has 5 nitrogen and oxygen atoms in total. The molecule has 5 heteroatoms. The van der Waals surface area contributed by atoms with Gasteiger partial charge in [-0.2, -0.15) is 0 Å². The lowest BCUT2D eigenvalue weighted by Gasteiger charge is -2.12. The molecular weight excluding hydrogens is 426 g/mol. The van der Waals surface area contributed by atoms with E-state index in [0.717, 1.165) is 39.1 Å². The number of amides is 1. The van der Waals surface area contributed by atoms with Crippen molar-refractivity contribution in [1.82, 2.24) is 5.32 Å². The van der Waals surface area contributed by atoms with Gasteiger partial charge in [0.25, 0.3) is 0 Å². The zero-order valence-electron chi connectivity index (χ0n) is 18.7. The zero-order valence-corrected chi connectivity index (χ0v) is 18.7. The van der Waals surface area contributed by atoms with Gasteiger partial charge in [-0.1, -0.05) is 91.0 Å². The zero-order chi connectivity index (χ0) is 23.5. The van der Waals surface area contributed by atoms with E-state index in [4.69, 9.17) is 4.74 Å². The van der Waals surface area contributed by atoms with Crippen molar-refractivity contribution in [1.29, 1.82) is 0 Å². The van der Waals surface area contributed by atoms with Crippen molar-refractivity contribution >= 4 is 17.6 Å². The lowest BCUT2D eigenvalue weighted by molar-refractivity contribution is -0.140. The molecule has 34 heavy (non-hydrogen) atoms. The quantitative estimate of drug-likeness (QED) is 0.457. The van der Waals surface area contributed by atoms with Crippen molar-refractivity contribution in [3.8, 4) is 11.1 Å². The molecule has 0 spiro atoms. The fourth-order valence-corrected chi connectivity index (χ4v) is 4.35. The number of aliphatic carboxylic acids is 1. The van der Waals surface area contributed by atoms with Gasteiger partial charge in [-0.15, -0.1) is 0 Å². The molecule has 170 valence electrons. The Bertz CT molecular complexity index is 1270. The fraction of sp³-hybridized carbons (Fsp3) is 0.172. The molecule has 0 heterocycles. The summed E-state index contributed by atoms with van der Waals surface area (Å²) in [6.07, 6.45) is 5.61. The van der Waals surface area contributed by atoms with Gasteiger partial charge in [0, 0.05) is 17.7 Å². The SMILES string of the molecule is O=C(NC1=C(c2ccc(-c3ccc(C4(C(=O)O)CC4)cc3)cc2)C=CC1)OCc1ccccc1. The van der Waals surface area contributed by atoms with E-state index in [1.54, 1.807) is 0 Å². The van der Waals surface area contributed by atoms with Crippen LogP contribution in [0.15, 0.2) is 96.7 Å². The van der Waals surface area contributed by atoms with Gasteiger partial charge in [-0.3, -0.25) is 10.1 Å². The summed E-state index contributed by atoms with van der Waals surface area (Å²) in [5.41, 5.74) is 6.01. The molecule has 1 fully saturated rings. The number of rotatable bonds is 7. The number of carbonyl (C=O) groups is 2. The Hall–Kier alpha value is -4.12. The molecule has 5 rings (SSSR count). The summed E-state index contributed by atoms with van der Waals surface area (Å²) in [7, 11) is 0. The van der Waals surface area contributed by atoms with Crippen molar-refractivity contribution in [3.63, 3.8) is 0 Å². The average Bonchev–Trinajstić information content (AvgIpc) is 3.57. The smallest absolute Gasteiger partial charge is 0.411 e. The Morgan fingerprint density at radius 3 is 2.09 bits per heavy atom. The number of ether oxygens (including phenoxy) is 1. The maximum Gasteiger partial charge on any atom is 0.411 e. The van der Waals surface area contributed by atoms with Gasteiger partial charge >= 0.3 is 12.1 Å². The average molecular weight is 452 g/mol. The first-order chi connectivity index (χ1) is 16.5. The van der Waals surface area contributed by atoms with E-state index in [2.05, 4.69) is 5.32 Å². The van der Waals surface area contributed by atoms with Crippen molar-refractivity contribution < 1.29 is 19.4 Å². The first-order valence-electron chi connectivity index (χ1n) is 11.4. The van der Waals surface area contributed by atoms with E-state index in [9.17, 15) is 14.7 Å². The van der Waals surface area contributed by atoms with Gasteiger partial charge < -0.3 is 9.84 Å². The summed E-state index contributed by atoms with van der Waals surface area (Å²) in [4.78, 5) is 23.9. The van der Waals surface area contributed by atoms with E-state index in [1.165, 1.54) is 0 Å². The molecule has 3 aromatic rings. The molecule has 0 aliphatic heterocycles. The second kappa shape index (κ2) is 9.02. The highest BCUT2D eigenvalue weighted by Gasteiger charge is 2.51. The van der Waals surface area contributed by atoms with Crippen LogP contribution in [0, 0.1) is 0 Å². The van der Waals surface area contributed by atoms with Crippen LogP contribution in [0.1, 0.15) is 36.0 Å². The molecular formula is C29H25NO4. The first-order valence-corrected chi connectivity index (χ1v) is 11.4. The predicted molar refractivity (Wildman–Crippen MR) is 131 cm³/mol. The van der Waals surface area contributed by atoms with E-state index >= 15 is 0 Å². The van der Waals surface area contributed by atoms with E-state index in [1.807, 2.05) is 91.0 Å². The molecule has 2 N–H and O–H groups in total. The van der Waals surface area contributed by atoms with Crippen LogP contribution in [-0.2, 0) is 21.6 Å². The molecule has 1 amide bonds. The van der Waals surface area contributed by atoms with Crippen molar-refractivity contribution in [2.45, 2.75) is 31.3 Å². The Morgan fingerprint density at radius 2 is 1.47 bits per heavy atom. The number of hydrogen-bond acceptors (Lipinski definition) is 3. The standard InChI is InChI=1S/C29H25NO4/c31-27(32)29(17-18-29)24-15-13-22(14-16-24)21-9-11-23(12-10-21)25-7-4-8-26(25)30-28(33)34-19-20-5-2-1-3-6-20/h1-7,9-16H,8,17-19H2,(H,30,33)(H,31,32). The molecule has 0 radical (unpaired) electrons. The van der Waals surface area contributed by atoms with Gasteiger partial charge in [-0.05, 0) is 40.7 Å². The first kappa shape index (κ1) is 21.7. The van der Waals surface area contributed by atoms with Gasteiger partial charge in [-0.25, -0.2) is 4.79 Å².